The van der Waals surface area contributed by atoms with E-state index in [1.807, 2.05) is 25.1 Å². The van der Waals surface area contributed by atoms with Gasteiger partial charge in [-0.25, -0.2) is 23.1 Å². The first-order valence-electron chi connectivity index (χ1n) is 8.02. The second kappa shape index (κ2) is 9.33. The van der Waals surface area contributed by atoms with E-state index in [0.29, 0.717) is 17.3 Å². The molecule has 28 heavy (non-hydrogen) atoms. The van der Waals surface area contributed by atoms with Gasteiger partial charge < -0.3 is 10.6 Å². The molecule has 0 unspecified atom stereocenters. The summed E-state index contributed by atoms with van der Waals surface area (Å²) in [4.78, 5) is 8.58. The van der Waals surface area contributed by atoms with E-state index in [4.69, 9.17) is 0 Å². The molecule has 0 amide bonds. The highest BCUT2D eigenvalue weighted by atomic mass is 79.9. The van der Waals surface area contributed by atoms with Gasteiger partial charge in [0.1, 0.15) is 18.0 Å². The number of hydrogen-bond donors (Lipinski definition) is 3. The summed E-state index contributed by atoms with van der Waals surface area (Å²) < 4.78 is 27.2. The van der Waals surface area contributed by atoms with Gasteiger partial charge in [-0.2, -0.15) is 0 Å². The lowest BCUT2D eigenvalue weighted by atomic mass is 10.2. The van der Waals surface area contributed by atoms with E-state index >= 15 is 0 Å². The van der Waals surface area contributed by atoms with Crippen LogP contribution in [0.4, 0.5) is 23.0 Å². The van der Waals surface area contributed by atoms with Crippen LogP contribution < -0.4 is 15.4 Å². The number of nitrogens with one attached hydrogen (secondary N) is 3. The van der Waals surface area contributed by atoms with Crippen LogP contribution >= 0.6 is 28.3 Å². The average Bonchev–Trinajstić information content (AvgIpc) is 2.61. The van der Waals surface area contributed by atoms with Gasteiger partial charge in [0, 0.05) is 21.9 Å². The molecule has 0 bridgehead atoms. The highest BCUT2D eigenvalue weighted by Gasteiger charge is 2.11. The van der Waals surface area contributed by atoms with Gasteiger partial charge in [-0.05, 0) is 55.9 Å². The van der Waals surface area contributed by atoms with E-state index in [-0.39, 0.29) is 17.3 Å². The fraction of sp³-hybridized carbons (Fsp3) is 0.111. The Hall–Kier alpha value is -2.20. The molecule has 0 atom stereocenters. The number of benzene rings is 2. The predicted molar refractivity (Wildman–Crippen MR) is 117 cm³/mol. The van der Waals surface area contributed by atoms with Crippen LogP contribution in [0.3, 0.4) is 0 Å². The molecule has 2 aromatic carbocycles. The molecular weight excluding hydrogens is 466 g/mol. The summed E-state index contributed by atoms with van der Waals surface area (Å²) in [6, 6.07) is 14.2. The molecule has 3 N–H and O–H groups in total. The number of anilines is 4. The maximum absolute atomic E-state index is 11.9. The first-order valence-corrected chi connectivity index (χ1v) is 10.3. The molecule has 0 aliphatic rings. The van der Waals surface area contributed by atoms with Gasteiger partial charge in [0.15, 0.2) is 0 Å². The molecule has 3 aromatic rings. The van der Waals surface area contributed by atoms with Crippen molar-refractivity contribution in [3.63, 3.8) is 0 Å². The summed E-state index contributed by atoms with van der Waals surface area (Å²) >= 11 is 3.47. The fourth-order valence-electron chi connectivity index (χ4n) is 2.46. The molecule has 10 heteroatoms. The molecule has 3 rings (SSSR count). The Labute approximate surface area is 178 Å². The number of halogens is 2. The van der Waals surface area contributed by atoms with Gasteiger partial charge in [-0.1, -0.05) is 22.0 Å². The van der Waals surface area contributed by atoms with Crippen molar-refractivity contribution >= 4 is 61.4 Å². The van der Waals surface area contributed by atoms with Gasteiger partial charge in [0.25, 0.3) is 0 Å². The topological polar surface area (TPSA) is 96.0 Å². The van der Waals surface area contributed by atoms with Crippen LogP contribution in [0.25, 0.3) is 0 Å². The van der Waals surface area contributed by atoms with Crippen LogP contribution in [0.15, 0.2) is 64.2 Å². The minimum atomic E-state index is -3.51. The average molecular weight is 485 g/mol. The van der Waals surface area contributed by atoms with Crippen molar-refractivity contribution in [2.24, 2.45) is 0 Å². The van der Waals surface area contributed by atoms with Crippen molar-refractivity contribution in [3.05, 3.63) is 64.9 Å². The van der Waals surface area contributed by atoms with E-state index in [9.17, 15) is 8.42 Å². The maximum atomic E-state index is 11.9. The minimum absolute atomic E-state index is 0. The Morgan fingerprint density at radius 3 is 2.25 bits per heavy atom. The Kier molecular flexibility index (Phi) is 7.36. The number of sulfonamides is 1. The van der Waals surface area contributed by atoms with E-state index < -0.39 is 10.0 Å². The Morgan fingerprint density at radius 2 is 1.61 bits per heavy atom. The summed E-state index contributed by atoms with van der Waals surface area (Å²) in [5.41, 5.74) is 2.62. The quantitative estimate of drug-likeness (QED) is 0.481. The van der Waals surface area contributed by atoms with Gasteiger partial charge >= 0.3 is 0 Å². The van der Waals surface area contributed by atoms with Crippen molar-refractivity contribution in [2.75, 3.05) is 17.7 Å². The van der Waals surface area contributed by atoms with Gasteiger partial charge in [0.2, 0.25) is 10.0 Å². The van der Waals surface area contributed by atoms with E-state index in [1.165, 1.54) is 19.4 Å². The van der Waals surface area contributed by atoms with E-state index in [1.54, 1.807) is 24.3 Å². The lowest BCUT2D eigenvalue weighted by Gasteiger charge is -2.10. The van der Waals surface area contributed by atoms with Crippen molar-refractivity contribution in [3.8, 4) is 0 Å². The molecule has 0 aliphatic heterocycles. The largest absolute Gasteiger partial charge is 0.340 e. The second-order valence-electron chi connectivity index (χ2n) is 5.79. The maximum Gasteiger partial charge on any atom is 0.240 e. The van der Waals surface area contributed by atoms with Crippen LogP contribution in [-0.2, 0) is 10.0 Å². The smallest absolute Gasteiger partial charge is 0.240 e. The molecule has 1 heterocycles. The molecular formula is C18H19BrClN5O2S. The monoisotopic (exact) mass is 483 g/mol. The normalized spacial score (nSPS) is 10.8. The van der Waals surface area contributed by atoms with Gasteiger partial charge in [-0.15, -0.1) is 12.4 Å². The lowest BCUT2D eigenvalue weighted by molar-refractivity contribution is 0.588. The summed E-state index contributed by atoms with van der Waals surface area (Å²) in [7, 11) is -2.13. The zero-order chi connectivity index (χ0) is 19.4. The van der Waals surface area contributed by atoms with Crippen molar-refractivity contribution in [2.45, 2.75) is 11.8 Å². The standard InChI is InChI=1S/C18H18BrN5O2S.ClH/c1-12-6-13(19)8-15(7-12)24-18-10-17(21-11-22-18)23-14-4-3-5-16(9-14)27(25,26)20-2;/h3-11,20H,1-2H3,(H2,21,22,23,24);1H. The van der Waals surface area contributed by atoms with Gasteiger partial charge in [0.05, 0.1) is 4.90 Å². The van der Waals surface area contributed by atoms with Crippen LogP contribution in [0.1, 0.15) is 5.56 Å². The third-order valence-electron chi connectivity index (χ3n) is 3.67. The summed E-state index contributed by atoms with van der Waals surface area (Å²) in [6.07, 6.45) is 1.43. The Balaban J connectivity index is 0.00000280. The highest BCUT2D eigenvalue weighted by Crippen LogP contribution is 2.24. The molecule has 0 spiro atoms. The molecule has 1 aromatic heterocycles. The van der Waals surface area contributed by atoms with E-state index in [2.05, 4.69) is 41.3 Å². The third-order valence-corrected chi connectivity index (χ3v) is 5.54. The number of rotatable bonds is 6. The predicted octanol–water partition coefficient (Wildman–Crippen LogP) is 4.36. The zero-order valence-electron chi connectivity index (χ0n) is 15.1. The number of aryl methyl sites for hydroxylation is 1. The first-order chi connectivity index (χ1) is 12.9. The summed E-state index contributed by atoms with van der Waals surface area (Å²) in [5, 5.41) is 6.33. The molecule has 0 fully saturated rings. The van der Waals surface area contributed by atoms with Crippen LogP contribution in [0.5, 0.6) is 0 Å². The van der Waals surface area contributed by atoms with Crippen molar-refractivity contribution in [1.29, 1.82) is 0 Å². The molecule has 0 saturated heterocycles. The summed E-state index contributed by atoms with van der Waals surface area (Å²) in [6.45, 7) is 2.01. The fourth-order valence-corrected chi connectivity index (χ4v) is 3.84. The second-order valence-corrected chi connectivity index (χ2v) is 8.59. The Bertz CT molecular complexity index is 1060. The molecule has 0 radical (unpaired) electrons. The molecule has 148 valence electrons. The first kappa shape index (κ1) is 22.1. The van der Waals surface area contributed by atoms with Gasteiger partial charge in [-0.3, -0.25) is 0 Å². The molecule has 7 nitrogen and oxygen atoms in total. The van der Waals surface area contributed by atoms with Crippen LogP contribution in [0.2, 0.25) is 0 Å². The Morgan fingerprint density at radius 1 is 0.929 bits per heavy atom. The number of nitrogens with zero attached hydrogens (tertiary/aromatic N) is 2. The molecule has 0 aliphatic carbocycles. The minimum Gasteiger partial charge on any atom is -0.340 e. The van der Waals surface area contributed by atoms with E-state index in [0.717, 1.165) is 15.7 Å². The van der Waals surface area contributed by atoms with Crippen LogP contribution in [0, 0.1) is 6.92 Å². The van der Waals surface area contributed by atoms with Crippen LogP contribution in [-0.4, -0.2) is 25.4 Å². The summed E-state index contributed by atoms with van der Waals surface area (Å²) in [5.74, 6) is 1.15. The third kappa shape index (κ3) is 5.65. The number of aromatic nitrogens is 2. The number of hydrogen-bond acceptors (Lipinski definition) is 6. The lowest BCUT2D eigenvalue weighted by Crippen LogP contribution is -2.18. The zero-order valence-corrected chi connectivity index (χ0v) is 18.3. The highest BCUT2D eigenvalue weighted by molar-refractivity contribution is 9.10. The SMILES string of the molecule is CNS(=O)(=O)c1cccc(Nc2cc(Nc3cc(C)cc(Br)c3)ncn2)c1.Cl. The van der Waals surface area contributed by atoms with Crippen molar-refractivity contribution in [1.82, 2.24) is 14.7 Å². The van der Waals surface area contributed by atoms with Crippen molar-refractivity contribution < 1.29 is 8.42 Å². The molecule has 0 saturated carbocycles.